The molecule has 1 amide bonds. The van der Waals surface area contributed by atoms with E-state index in [4.69, 9.17) is 4.74 Å². The topological polar surface area (TPSA) is 84.6 Å². The van der Waals surface area contributed by atoms with Crippen molar-refractivity contribution in [2.45, 2.75) is 39.2 Å². The zero-order chi connectivity index (χ0) is 20.4. The van der Waals surface area contributed by atoms with E-state index in [2.05, 4.69) is 26.4 Å². The van der Waals surface area contributed by atoms with Crippen LogP contribution in [0.4, 0.5) is 5.95 Å². The molecule has 1 fully saturated rings. The van der Waals surface area contributed by atoms with Crippen molar-refractivity contribution in [1.82, 2.24) is 24.5 Å². The van der Waals surface area contributed by atoms with Gasteiger partial charge < -0.3 is 15.0 Å². The average molecular weight is 394 g/mol. The Hall–Kier alpha value is -3.16. The molecule has 0 spiro atoms. The van der Waals surface area contributed by atoms with E-state index in [9.17, 15) is 4.79 Å². The minimum atomic E-state index is 0.144. The first kappa shape index (κ1) is 19.2. The van der Waals surface area contributed by atoms with Gasteiger partial charge in [-0.15, -0.1) is 5.10 Å². The van der Waals surface area contributed by atoms with E-state index in [-0.39, 0.29) is 5.91 Å². The van der Waals surface area contributed by atoms with Gasteiger partial charge in [-0.1, -0.05) is 12.1 Å². The highest BCUT2D eigenvalue weighted by Gasteiger charge is 2.25. The average Bonchev–Trinajstić information content (AvgIpc) is 3.14. The van der Waals surface area contributed by atoms with E-state index < -0.39 is 0 Å². The van der Waals surface area contributed by atoms with Gasteiger partial charge in [-0.25, -0.2) is 4.98 Å². The Morgan fingerprint density at radius 1 is 1.21 bits per heavy atom. The SMILES string of the molecule is COc1ccc(CNc2nc3nc(C)cc(C4CCN(C(C)=O)CC4)n3n2)cc1. The van der Waals surface area contributed by atoms with Crippen molar-refractivity contribution in [2.75, 3.05) is 25.5 Å². The number of rotatable bonds is 5. The molecule has 1 saturated heterocycles. The maximum atomic E-state index is 11.6. The summed E-state index contributed by atoms with van der Waals surface area (Å²) in [4.78, 5) is 22.6. The zero-order valence-electron chi connectivity index (χ0n) is 17.1. The number of piperidine rings is 1. The summed E-state index contributed by atoms with van der Waals surface area (Å²) in [6.07, 6.45) is 1.85. The summed E-state index contributed by atoms with van der Waals surface area (Å²) in [5, 5.41) is 7.94. The van der Waals surface area contributed by atoms with Crippen LogP contribution in [0.15, 0.2) is 30.3 Å². The molecule has 8 heteroatoms. The van der Waals surface area contributed by atoms with Gasteiger partial charge >= 0.3 is 0 Å². The number of ether oxygens (including phenoxy) is 1. The molecule has 1 aromatic carbocycles. The summed E-state index contributed by atoms with van der Waals surface area (Å²) in [7, 11) is 1.66. The molecule has 3 heterocycles. The van der Waals surface area contributed by atoms with Gasteiger partial charge in [-0.05, 0) is 43.5 Å². The maximum absolute atomic E-state index is 11.6. The van der Waals surface area contributed by atoms with E-state index in [0.717, 1.165) is 48.6 Å². The lowest BCUT2D eigenvalue weighted by Gasteiger charge is -2.31. The predicted molar refractivity (Wildman–Crippen MR) is 110 cm³/mol. The fourth-order valence-corrected chi connectivity index (χ4v) is 3.79. The van der Waals surface area contributed by atoms with Crippen molar-refractivity contribution < 1.29 is 9.53 Å². The largest absolute Gasteiger partial charge is 0.497 e. The third-order valence-electron chi connectivity index (χ3n) is 5.44. The Bertz CT molecular complexity index is 1010. The van der Waals surface area contributed by atoms with Crippen molar-refractivity contribution >= 4 is 17.6 Å². The summed E-state index contributed by atoms with van der Waals surface area (Å²) in [6.45, 7) is 5.78. The highest BCUT2D eigenvalue weighted by molar-refractivity contribution is 5.73. The van der Waals surface area contributed by atoms with Gasteiger partial charge in [0.05, 0.1) is 12.8 Å². The van der Waals surface area contributed by atoms with Crippen LogP contribution < -0.4 is 10.1 Å². The molecule has 2 aromatic heterocycles. The Morgan fingerprint density at radius 3 is 2.59 bits per heavy atom. The molecule has 3 aromatic rings. The molecule has 1 aliphatic rings. The van der Waals surface area contributed by atoms with Gasteiger partial charge in [0.25, 0.3) is 5.78 Å². The minimum Gasteiger partial charge on any atom is -0.497 e. The quantitative estimate of drug-likeness (QED) is 0.716. The van der Waals surface area contributed by atoms with E-state index in [0.29, 0.717) is 24.2 Å². The van der Waals surface area contributed by atoms with E-state index >= 15 is 0 Å². The second kappa shape index (κ2) is 8.06. The standard InChI is InChI=1S/C21H26N6O2/c1-14-12-19(17-8-10-26(11-9-17)15(2)28)27-21(23-14)24-20(25-27)22-13-16-4-6-18(29-3)7-5-16/h4-7,12,17H,8-11,13H2,1-3H3,(H,22,25). The fourth-order valence-electron chi connectivity index (χ4n) is 3.79. The second-order valence-corrected chi connectivity index (χ2v) is 7.45. The molecule has 0 bridgehead atoms. The monoisotopic (exact) mass is 394 g/mol. The lowest BCUT2D eigenvalue weighted by molar-refractivity contribution is -0.129. The Balaban J connectivity index is 1.52. The van der Waals surface area contributed by atoms with Gasteiger partial charge in [0.15, 0.2) is 0 Å². The lowest BCUT2D eigenvalue weighted by Crippen LogP contribution is -2.36. The van der Waals surface area contributed by atoms with Gasteiger partial charge in [0.1, 0.15) is 5.75 Å². The number of nitrogens with zero attached hydrogens (tertiary/aromatic N) is 5. The number of methoxy groups -OCH3 is 1. The molecular weight excluding hydrogens is 368 g/mol. The van der Waals surface area contributed by atoms with Gasteiger partial charge in [0.2, 0.25) is 11.9 Å². The van der Waals surface area contributed by atoms with E-state index in [1.807, 2.05) is 40.6 Å². The van der Waals surface area contributed by atoms with Crippen LogP contribution >= 0.6 is 0 Å². The molecule has 0 aliphatic carbocycles. The van der Waals surface area contributed by atoms with Crippen molar-refractivity contribution in [2.24, 2.45) is 0 Å². The number of hydrogen-bond donors (Lipinski definition) is 1. The number of hydrogen-bond acceptors (Lipinski definition) is 6. The number of likely N-dealkylation sites (tertiary alicyclic amines) is 1. The Kier molecular flexibility index (Phi) is 5.33. The number of aromatic nitrogens is 4. The molecular formula is C21H26N6O2. The molecule has 29 heavy (non-hydrogen) atoms. The first-order chi connectivity index (χ1) is 14.0. The molecule has 152 valence electrons. The summed E-state index contributed by atoms with van der Waals surface area (Å²) in [6, 6.07) is 9.98. The van der Waals surface area contributed by atoms with Gasteiger partial charge in [-0.2, -0.15) is 9.50 Å². The third kappa shape index (κ3) is 4.16. The number of anilines is 1. The second-order valence-electron chi connectivity index (χ2n) is 7.45. The number of benzene rings is 1. The number of aryl methyl sites for hydroxylation is 1. The predicted octanol–water partition coefficient (Wildman–Crippen LogP) is 2.78. The highest BCUT2D eigenvalue weighted by Crippen LogP contribution is 2.28. The van der Waals surface area contributed by atoms with Gasteiger partial charge in [0, 0.05) is 38.2 Å². The number of fused-ring (bicyclic) bond motifs is 1. The molecule has 0 radical (unpaired) electrons. The van der Waals surface area contributed by atoms with Crippen LogP contribution in [0.25, 0.3) is 5.78 Å². The smallest absolute Gasteiger partial charge is 0.254 e. The maximum Gasteiger partial charge on any atom is 0.254 e. The third-order valence-corrected chi connectivity index (χ3v) is 5.44. The summed E-state index contributed by atoms with van der Waals surface area (Å²) >= 11 is 0. The highest BCUT2D eigenvalue weighted by atomic mass is 16.5. The Labute approximate surface area is 169 Å². The molecule has 0 saturated carbocycles. The van der Waals surface area contributed by atoms with Gasteiger partial charge in [-0.3, -0.25) is 4.79 Å². The van der Waals surface area contributed by atoms with Crippen LogP contribution in [0.3, 0.4) is 0 Å². The number of nitrogens with one attached hydrogen (secondary N) is 1. The van der Waals surface area contributed by atoms with Crippen LogP contribution in [0, 0.1) is 6.92 Å². The summed E-state index contributed by atoms with van der Waals surface area (Å²) in [5.74, 6) is 2.48. The molecule has 1 aliphatic heterocycles. The fraction of sp³-hybridized carbons (Fsp3) is 0.429. The molecule has 1 N–H and O–H groups in total. The van der Waals surface area contributed by atoms with Crippen molar-refractivity contribution in [3.8, 4) is 5.75 Å². The zero-order valence-corrected chi connectivity index (χ0v) is 17.1. The first-order valence-electron chi connectivity index (χ1n) is 9.90. The number of amides is 1. The van der Waals surface area contributed by atoms with E-state index in [1.54, 1.807) is 14.0 Å². The number of carbonyl (C=O) groups excluding carboxylic acids is 1. The Morgan fingerprint density at radius 2 is 1.93 bits per heavy atom. The van der Waals surface area contributed by atoms with Crippen molar-refractivity contribution in [1.29, 1.82) is 0 Å². The summed E-state index contributed by atoms with van der Waals surface area (Å²) < 4.78 is 7.04. The van der Waals surface area contributed by atoms with Crippen molar-refractivity contribution in [3.05, 3.63) is 47.3 Å². The van der Waals surface area contributed by atoms with Crippen LogP contribution in [-0.2, 0) is 11.3 Å². The lowest BCUT2D eigenvalue weighted by atomic mass is 9.93. The van der Waals surface area contributed by atoms with Crippen LogP contribution in [0.5, 0.6) is 5.75 Å². The normalized spacial score (nSPS) is 14.9. The summed E-state index contributed by atoms with van der Waals surface area (Å²) in [5.41, 5.74) is 3.15. The first-order valence-corrected chi connectivity index (χ1v) is 9.90. The molecule has 4 rings (SSSR count). The van der Waals surface area contributed by atoms with Crippen LogP contribution in [0.2, 0.25) is 0 Å². The van der Waals surface area contributed by atoms with Crippen molar-refractivity contribution in [3.63, 3.8) is 0 Å². The van der Waals surface area contributed by atoms with E-state index in [1.165, 1.54) is 0 Å². The molecule has 0 unspecified atom stereocenters. The van der Waals surface area contributed by atoms with Crippen LogP contribution in [0.1, 0.15) is 42.6 Å². The molecule has 0 atom stereocenters. The van der Waals surface area contributed by atoms with Crippen LogP contribution in [-0.4, -0.2) is 50.6 Å². The molecule has 8 nitrogen and oxygen atoms in total. The minimum absolute atomic E-state index is 0.144. The number of carbonyl (C=O) groups is 1.